The number of hydrogen-bond donors (Lipinski definition) is 0. The summed E-state index contributed by atoms with van der Waals surface area (Å²) in [6.07, 6.45) is 4.97. The average molecular weight is 334 g/mol. The van der Waals surface area contributed by atoms with Crippen LogP contribution in [0.15, 0.2) is 36.4 Å². The fraction of sp³-hybridized carbons (Fsp3) is 0.444. The summed E-state index contributed by atoms with van der Waals surface area (Å²) in [5.74, 6) is 0. The van der Waals surface area contributed by atoms with Crippen LogP contribution >= 0.6 is 0 Å². The molecule has 0 saturated heterocycles. The quantitative estimate of drug-likeness (QED) is 0.663. The van der Waals surface area contributed by atoms with Crippen molar-refractivity contribution in [1.82, 2.24) is 0 Å². The third-order valence-corrected chi connectivity index (χ3v) is 3.02. The Balaban J connectivity index is 0.000000324. The molecule has 0 nitrogen and oxygen atoms in total. The molecule has 0 unspecified atom stereocenters. The Morgan fingerprint density at radius 1 is 0.789 bits per heavy atom. The third-order valence-electron chi connectivity index (χ3n) is 3.02. The predicted molar refractivity (Wildman–Crippen MR) is 81.5 cm³/mol. The molecule has 19 heavy (non-hydrogen) atoms. The summed E-state index contributed by atoms with van der Waals surface area (Å²) in [5, 5.41) is 0. The van der Waals surface area contributed by atoms with E-state index in [-0.39, 0.29) is 26.2 Å². The molecule has 0 aliphatic carbocycles. The van der Waals surface area contributed by atoms with Gasteiger partial charge in [0.1, 0.15) is 0 Å². The molecule has 0 atom stereocenters. The van der Waals surface area contributed by atoms with Gasteiger partial charge in [-0.25, -0.2) is 12.1 Å². The Morgan fingerprint density at radius 2 is 1.16 bits per heavy atom. The van der Waals surface area contributed by atoms with Crippen LogP contribution in [-0.2, 0) is 39.0 Å². The number of aryl methyl sites for hydroxylation is 4. The van der Waals surface area contributed by atoms with Crippen molar-refractivity contribution in [1.29, 1.82) is 0 Å². The minimum atomic E-state index is 0. The van der Waals surface area contributed by atoms with Crippen molar-refractivity contribution in [3.05, 3.63) is 58.7 Å². The molecule has 1 heteroatoms. The van der Waals surface area contributed by atoms with Gasteiger partial charge in [-0.1, -0.05) is 53.4 Å². The predicted octanol–water partition coefficient (Wildman–Crippen LogP) is 5.33. The van der Waals surface area contributed by atoms with E-state index in [1.165, 1.54) is 47.9 Å². The van der Waals surface area contributed by atoms with Crippen LogP contribution in [0, 0.1) is 13.8 Å². The Hall–Kier alpha value is -0.417. The molecular weight excluding hydrogens is 307 g/mol. The smallest absolute Gasteiger partial charge is 0.210 e. The molecule has 0 heterocycles. The second kappa shape index (κ2) is 10.4. The van der Waals surface area contributed by atoms with Crippen LogP contribution in [0.1, 0.15) is 48.9 Å². The molecule has 0 fully saturated rings. The molecule has 0 bridgehead atoms. The van der Waals surface area contributed by atoms with E-state index in [4.69, 9.17) is 0 Å². The molecule has 0 aromatic heterocycles. The van der Waals surface area contributed by atoms with Crippen molar-refractivity contribution in [2.45, 2.75) is 53.4 Å². The minimum Gasteiger partial charge on any atom is -0.210 e. The van der Waals surface area contributed by atoms with Crippen molar-refractivity contribution < 1.29 is 26.2 Å². The van der Waals surface area contributed by atoms with Crippen molar-refractivity contribution in [2.24, 2.45) is 0 Å². The molecule has 0 aliphatic rings. The Morgan fingerprint density at radius 3 is 1.37 bits per heavy atom. The van der Waals surface area contributed by atoms with Crippen molar-refractivity contribution in [3.8, 4) is 0 Å². The summed E-state index contributed by atoms with van der Waals surface area (Å²) in [6, 6.07) is 13.3. The maximum atomic E-state index is 2.25. The third kappa shape index (κ3) is 7.68. The van der Waals surface area contributed by atoms with E-state index in [0.717, 1.165) is 0 Å². The molecular formula is C18H26Zr. The van der Waals surface area contributed by atoms with Gasteiger partial charge in [-0.3, -0.25) is 0 Å². The van der Waals surface area contributed by atoms with Gasteiger partial charge < -0.3 is 0 Å². The molecule has 0 radical (unpaired) electrons. The van der Waals surface area contributed by atoms with Gasteiger partial charge in [-0.2, -0.15) is 46.5 Å². The van der Waals surface area contributed by atoms with Crippen LogP contribution in [0.2, 0.25) is 0 Å². The fourth-order valence-corrected chi connectivity index (χ4v) is 2.14. The van der Waals surface area contributed by atoms with Gasteiger partial charge in [0, 0.05) is 0 Å². The van der Waals surface area contributed by atoms with E-state index >= 15 is 0 Å². The first-order chi connectivity index (χ1) is 8.65. The van der Waals surface area contributed by atoms with Gasteiger partial charge >= 0.3 is 26.2 Å². The molecule has 2 aromatic rings. The van der Waals surface area contributed by atoms with Crippen LogP contribution in [0.3, 0.4) is 0 Å². The van der Waals surface area contributed by atoms with Crippen LogP contribution in [0.4, 0.5) is 0 Å². The molecule has 0 N–H and O–H groups in total. The average Bonchev–Trinajstić information content (AvgIpc) is 2.90. The summed E-state index contributed by atoms with van der Waals surface area (Å²) < 4.78 is 0. The van der Waals surface area contributed by atoms with E-state index < -0.39 is 0 Å². The van der Waals surface area contributed by atoms with Gasteiger partial charge in [0.25, 0.3) is 0 Å². The summed E-state index contributed by atoms with van der Waals surface area (Å²) >= 11 is 0. The van der Waals surface area contributed by atoms with E-state index in [1.807, 2.05) is 0 Å². The first-order valence-electron chi connectivity index (χ1n) is 7.10. The van der Waals surface area contributed by atoms with Crippen molar-refractivity contribution in [2.75, 3.05) is 0 Å². The molecule has 102 valence electrons. The second-order valence-electron chi connectivity index (χ2n) is 5.09. The monoisotopic (exact) mass is 332 g/mol. The van der Waals surface area contributed by atoms with Gasteiger partial charge in [-0.15, -0.1) is 0 Å². The number of hydrogen-bond acceptors (Lipinski definition) is 0. The summed E-state index contributed by atoms with van der Waals surface area (Å²) in [6.45, 7) is 8.70. The summed E-state index contributed by atoms with van der Waals surface area (Å²) in [5.41, 5.74) is 5.74. The van der Waals surface area contributed by atoms with E-state index in [1.54, 1.807) is 0 Å². The molecule has 0 aliphatic heterocycles. The maximum Gasteiger partial charge on any atom is 2.00 e. The van der Waals surface area contributed by atoms with Crippen LogP contribution in [-0.4, -0.2) is 0 Å². The van der Waals surface area contributed by atoms with E-state index in [9.17, 15) is 0 Å². The maximum absolute atomic E-state index is 2.25. The van der Waals surface area contributed by atoms with E-state index in [2.05, 4.69) is 64.1 Å². The fourth-order valence-electron chi connectivity index (χ4n) is 2.14. The summed E-state index contributed by atoms with van der Waals surface area (Å²) in [7, 11) is 0. The van der Waals surface area contributed by atoms with Crippen LogP contribution in [0.5, 0.6) is 0 Å². The molecule has 0 amide bonds. The van der Waals surface area contributed by atoms with Gasteiger partial charge in [0.2, 0.25) is 0 Å². The zero-order chi connectivity index (χ0) is 13.4. The zero-order valence-electron chi connectivity index (χ0n) is 12.8. The van der Waals surface area contributed by atoms with Crippen LogP contribution < -0.4 is 0 Å². The van der Waals surface area contributed by atoms with Gasteiger partial charge in [0.05, 0.1) is 0 Å². The molecule has 0 spiro atoms. The van der Waals surface area contributed by atoms with Crippen LogP contribution in [0.25, 0.3) is 0 Å². The normalized spacial score (nSPS) is 9.47. The molecule has 2 rings (SSSR count). The molecule has 2 aromatic carbocycles. The SMILES string of the molecule is CCCc1cc[c-](C)c1.CCCc1cc[c-](C)c1.[Zr+2]. The topological polar surface area (TPSA) is 0 Å². The molecule has 0 saturated carbocycles. The standard InChI is InChI=1S/2C9H13.Zr/c2*1-3-4-9-6-5-8(2)7-9;/h2*5-7H,3-4H2,1-2H3;/q2*-1;+2. The van der Waals surface area contributed by atoms with Gasteiger partial charge in [0.15, 0.2) is 0 Å². The largest absolute Gasteiger partial charge is 2.00 e. The first-order valence-corrected chi connectivity index (χ1v) is 7.10. The minimum absolute atomic E-state index is 0. The van der Waals surface area contributed by atoms with Crippen molar-refractivity contribution >= 4 is 0 Å². The van der Waals surface area contributed by atoms with Gasteiger partial charge in [-0.05, 0) is 0 Å². The number of rotatable bonds is 4. The Kier molecular flexibility index (Phi) is 10.2. The zero-order valence-corrected chi connectivity index (χ0v) is 15.3. The van der Waals surface area contributed by atoms with E-state index in [0.29, 0.717) is 0 Å². The Labute approximate surface area is 138 Å². The Bertz CT molecular complexity index is 392. The van der Waals surface area contributed by atoms with Crippen molar-refractivity contribution in [3.63, 3.8) is 0 Å². The summed E-state index contributed by atoms with van der Waals surface area (Å²) in [4.78, 5) is 0. The second-order valence-corrected chi connectivity index (χ2v) is 5.09. The first kappa shape index (κ1) is 18.6.